The fourth-order valence-corrected chi connectivity index (χ4v) is 1.53. The molecule has 0 radical (unpaired) electrons. The molecule has 0 spiro atoms. The Kier molecular flexibility index (Phi) is 4.59. The Bertz CT molecular complexity index is 422. The van der Waals surface area contributed by atoms with E-state index in [2.05, 4.69) is 10.6 Å². The molecule has 1 aromatic carbocycles. The summed E-state index contributed by atoms with van der Waals surface area (Å²) in [5, 5.41) is 5.97. The van der Waals surface area contributed by atoms with Crippen LogP contribution in [-0.2, 0) is 4.74 Å². The van der Waals surface area contributed by atoms with E-state index in [1.165, 1.54) is 0 Å². The zero-order valence-corrected chi connectivity index (χ0v) is 11.8. The molecule has 0 fully saturated rings. The smallest absolute Gasteiger partial charge is 0.412 e. The zero-order chi connectivity index (χ0) is 13.8. The second-order valence-electron chi connectivity index (χ2n) is 5.19. The first-order valence-electron chi connectivity index (χ1n) is 6.16. The summed E-state index contributed by atoms with van der Waals surface area (Å²) >= 11 is 0. The SMILES string of the molecule is CCNc1ccc(NC(=O)OC(C)(C)C)c(C)c1. The van der Waals surface area contributed by atoms with Gasteiger partial charge in [-0.2, -0.15) is 0 Å². The van der Waals surface area contributed by atoms with Crippen molar-refractivity contribution < 1.29 is 9.53 Å². The summed E-state index contributed by atoms with van der Waals surface area (Å²) < 4.78 is 5.21. The predicted molar refractivity (Wildman–Crippen MR) is 75.2 cm³/mol. The maximum atomic E-state index is 11.6. The van der Waals surface area contributed by atoms with Crippen LogP contribution in [0.1, 0.15) is 33.3 Å². The number of benzene rings is 1. The molecule has 4 nitrogen and oxygen atoms in total. The maximum Gasteiger partial charge on any atom is 0.412 e. The highest BCUT2D eigenvalue weighted by atomic mass is 16.6. The number of hydrogen-bond donors (Lipinski definition) is 2. The van der Waals surface area contributed by atoms with Crippen molar-refractivity contribution in [3.8, 4) is 0 Å². The second kappa shape index (κ2) is 5.76. The van der Waals surface area contributed by atoms with E-state index in [4.69, 9.17) is 4.74 Å². The lowest BCUT2D eigenvalue weighted by Gasteiger charge is -2.20. The summed E-state index contributed by atoms with van der Waals surface area (Å²) in [6, 6.07) is 5.80. The molecule has 0 aliphatic heterocycles. The number of carbonyl (C=O) groups is 1. The topological polar surface area (TPSA) is 50.4 Å². The molecule has 0 bridgehead atoms. The summed E-state index contributed by atoms with van der Waals surface area (Å²) in [5.41, 5.74) is 2.33. The lowest BCUT2D eigenvalue weighted by Crippen LogP contribution is -2.27. The van der Waals surface area contributed by atoms with E-state index in [1.54, 1.807) is 0 Å². The van der Waals surface area contributed by atoms with Gasteiger partial charge in [0.1, 0.15) is 5.60 Å². The minimum absolute atomic E-state index is 0.429. The third-order valence-corrected chi connectivity index (χ3v) is 2.24. The molecule has 0 saturated heterocycles. The van der Waals surface area contributed by atoms with Crippen molar-refractivity contribution in [2.24, 2.45) is 0 Å². The molecule has 0 aliphatic rings. The molecule has 0 aromatic heterocycles. The third kappa shape index (κ3) is 4.65. The summed E-state index contributed by atoms with van der Waals surface area (Å²) in [6.07, 6.45) is -0.429. The van der Waals surface area contributed by atoms with Crippen LogP contribution in [-0.4, -0.2) is 18.2 Å². The third-order valence-electron chi connectivity index (χ3n) is 2.24. The second-order valence-corrected chi connectivity index (χ2v) is 5.19. The van der Waals surface area contributed by atoms with E-state index < -0.39 is 11.7 Å². The van der Waals surface area contributed by atoms with Crippen molar-refractivity contribution in [2.75, 3.05) is 17.2 Å². The number of aryl methyl sites for hydroxylation is 1. The zero-order valence-electron chi connectivity index (χ0n) is 11.8. The van der Waals surface area contributed by atoms with Crippen molar-refractivity contribution in [3.63, 3.8) is 0 Å². The first-order valence-corrected chi connectivity index (χ1v) is 6.16. The standard InChI is InChI=1S/C14H22N2O2/c1-6-15-11-7-8-12(10(2)9-11)16-13(17)18-14(3,4)5/h7-9,15H,6H2,1-5H3,(H,16,17). The molecule has 0 unspecified atom stereocenters. The lowest BCUT2D eigenvalue weighted by molar-refractivity contribution is 0.0636. The predicted octanol–water partition coefficient (Wildman–Crippen LogP) is 3.77. The number of hydrogen-bond acceptors (Lipinski definition) is 3. The van der Waals surface area contributed by atoms with Gasteiger partial charge in [-0.1, -0.05) is 0 Å². The van der Waals surface area contributed by atoms with Gasteiger partial charge in [-0.05, 0) is 58.4 Å². The van der Waals surface area contributed by atoms with Gasteiger partial charge in [-0.25, -0.2) is 4.79 Å². The number of anilines is 2. The average molecular weight is 250 g/mol. The first-order chi connectivity index (χ1) is 8.31. The lowest BCUT2D eigenvalue weighted by atomic mass is 10.1. The normalized spacial score (nSPS) is 10.9. The van der Waals surface area contributed by atoms with Crippen molar-refractivity contribution in [1.29, 1.82) is 0 Å². The highest BCUT2D eigenvalue weighted by Crippen LogP contribution is 2.20. The van der Waals surface area contributed by atoms with Crippen LogP contribution in [0.15, 0.2) is 18.2 Å². The minimum Gasteiger partial charge on any atom is -0.444 e. The summed E-state index contributed by atoms with van der Waals surface area (Å²) in [4.78, 5) is 11.6. The molecule has 2 N–H and O–H groups in total. The van der Waals surface area contributed by atoms with Gasteiger partial charge in [0.25, 0.3) is 0 Å². The fraction of sp³-hybridized carbons (Fsp3) is 0.500. The molecule has 18 heavy (non-hydrogen) atoms. The Hall–Kier alpha value is -1.71. The first kappa shape index (κ1) is 14.4. The fourth-order valence-electron chi connectivity index (χ4n) is 1.53. The molecule has 100 valence electrons. The van der Waals surface area contributed by atoms with Crippen LogP contribution in [0.4, 0.5) is 16.2 Å². The quantitative estimate of drug-likeness (QED) is 0.858. The molecule has 1 amide bonds. The van der Waals surface area contributed by atoms with Gasteiger partial charge in [0, 0.05) is 17.9 Å². The number of rotatable bonds is 3. The molecular formula is C14H22N2O2. The van der Waals surface area contributed by atoms with Crippen molar-refractivity contribution >= 4 is 17.5 Å². The van der Waals surface area contributed by atoms with E-state index in [1.807, 2.05) is 52.8 Å². The van der Waals surface area contributed by atoms with Crippen molar-refractivity contribution in [1.82, 2.24) is 0 Å². The number of nitrogens with one attached hydrogen (secondary N) is 2. The number of amides is 1. The molecule has 0 saturated carbocycles. The number of ether oxygens (including phenoxy) is 1. The molecular weight excluding hydrogens is 228 g/mol. The summed E-state index contributed by atoms with van der Waals surface area (Å²) in [5.74, 6) is 0. The van der Waals surface area contributed by atoms with Crippen LogP contribution >= 0.6 is 0 Å². The largest absolute Gasteiger partial charge is 0.444 e. The van der Waals surface area contributed by atoms with E-state index in [-0.39, 0.29) is 0 Å². The molecule has 1 aromatic rings. The van der Waals surface area contributed by atoms with Gasteiger partial charge in [0.2, 0.25) is 0 Å². The van der Waals surface area contributed by atoms with E-state index in [0.717, 1.165) is 23.5 Å². The van der Waals surface area contributed by atoms with E-state index in [0.29, 0.717) is 0 Å². The van der Waals surface area contributed by atoms with Crippen molar-refractivity contribution in [2.45, 2.75) is 40.2 Å². The molecule has 1 rings (SSSR count). The highest BCUT2D eigenvalue weighted by Gasteiger charge is 2.16. The highest BCUT2D eigenvalue weighted by molar-refractivity contribution is 5.86. The molecule has 0 aliphatic carbocycles. The van der Waals surface area contributed by atoms with Gasteiger partial charge in [0.05, 0.1) is 0 Å². The summed E-state index contributed by atoms with van der Waals surface area (Å²) in [7, 11) is 0. The van der Waals surface area contributed by atoms with Gasteiger partial charge >= 0.3 is 6.09 Å². The van der Waals surface area contributed by atoms with Crippen molar-refractivity contribution in [3.05, 3.63) is 23.8 Å². The minimum atomic E-state index is -0.484. The summed E-state index contributed by atoms with van der Waals surface area (Å²) in [6.45, 7) is 10.4. The maximum absolute atomic E-state index is 11.6. The van der Waals surface area contributed by atoms with Crippen LogP contribution in [0, 0.1) is 6.92 Å². The Morgan fingerprint density at radius 1 is 1.33 bits per heavy atom. The van der Waals surface area contributed by atoms with Crippen LogP contribution in [0.5, 0.6) is 0 Å². The Morgan fingerprint density at radius 3 is 2.50 bits per heavy atom. The number of carbonyl (C=O) groups excluding carboxylic acids is 1. The van der Waals surface area contributed by atoms with Gasteiger partial charge < -0.3 is 10.1 Å². The van der Waals surface area contributed by atoms with E-state index in [9.17, 15) is 4.79 Å². The Balaban J connectivity index is 2.71. The molecule has 0 heterocycles. The van der Waals surface area contributed by atoms with Crippen LogP contribution < -0.4 is 10.6 Å². The van der Waals surface area contributed by atoms with Gasteiger partial charge in [0.15, 0.2) is 0 Å². The van der Waals surface area contributed by atoms with Crippen LogP contribution in [0.2, 0.25) is 0 Å². The van der Waals surface area contributed by atoms with E-state index >= 15 is 0 Å². The molecule has 0 atom stereocenters. The average Bonchev–Trinajstić information content (AvgIpc) is 2.20. The molecule has 4 heteroatoms. The van der Waals surface area contributed by atoms with Gasteiger partial charge in [-0.3, -0.25) is 5.32 Å². The Morgan fingerprint density at radius 2 is 2.00 bits per heavy atom. The van der Waals surface area contributed by atoms with Gasteiger partial charge in [-0.15, -0.1) is 0 Å². The monoisotopic (exact) mass is 250 g/mol. The van der Waals surface area contributed by atoms with Crippen LogP contribution in [0.3, 0.4) is 0 Å². The Labute approximate surface area is 109 Å². The van der Waals surface area contributed by atoms with Crippen LogP contribution in [0.25, 0.3) is 0 Å².